The molecular formula is C15H16FNO. The molecule has 0 amide bonds. The molecule has 1 atom stereocenters. The van der Waals surface area contributed by atoms with Gasteiger partial charge >= 0.3 is 0 Å². The maximum absolute atomic E-state index is 12.8. The van der Waals surface area contributed by atoms with Crippen molar-refractivity contribution in [3.63, 3.8) is 0 Å². The van der Waals surface area contributed by atoms with Crippen molar-refractivity contribution in [2.75, 3.05) is 6.54 Å². The number of benzene rings is 1. The third-order valence-corrected chi connectivity index (χ3v) is 3.15. The second-order valence-corrected chi connectivity index (χ2v) is 4.49. The van der Waals surface area contributed by atoms with E-state index >= 15 is 0 Å². The predicted octanol–water partition coefficient (Wildman–Crippen LogP) is 3.17. The lowest BCUT2D eigenvalue weighted by Crippen LogP contribution is -2.36. The molecule has 18 heavy (non-hydrogen) atoms. The first-order valence-electron chi connectivity index (χ1n) is 5.98. The fourth-order valence-corrected chi connectivity index (χ4v) is 2.03. The summed E-state index contributed by atoms with van der Waals surface area (Å²) in [7, 11) is 0. The van der Waals surface area contributed by atoms with E-state index in [2.05, 4.69) is 0 Å². The van der Waals surface area contributed by atoms with Crippen molar-refractivity contribution in [3.8, 4) is 0 Å². The Morgan fingerprint density at radius 1 is 1.33 bits per heavy atom. The molecule has 1 heterocycles. The zero-order chi connectivity index (χ0) is 13.1. The molecule has 1 aromatic rings. The zero-order valence-electron chi connectivity index (χ0n) is 10.6. The minimum Gasteiger partial charge on any atom is -0.361 e. The highest BCUT2D eigenvalue weighted by Crippen LogP contribution is 2.16. The number of allylic oxidation sites excluding steroid dienone is 3. The van der Waals surface area contributed by atoms with Gasteiger partial charge in [0, 0.05) is 17.3 Å². The van der Waals surface area contributed by atoms with Crippen LogP contribution in [0.5, 0.6) is 0 Å². The van der Waals surface area contributed by atoms with Crippen LogP contribution in [0.15, 0.2) is 48.2 Å². The summed E-state index contributed by atoms with van der Waals surface area (Å²) in [5, 5.41) is 0. The number of hydrogen-bond donors (Lipinski definition) is 0. The van der Waals surface area contributed by atoms with Crippen molar-refractivity contribution in [2.45, 2.75) is 19.9 Å². The lowest BCUT2D eigenvalue weighted by atomic mass is 10.1. The minimum absolute atomic E-state index is 0.00454. The molecule has 0 spiro atoms. The summed E-state index contributed by atoms with van der Waals surface area (Å²) >= 11 is 0. The number of halogens is 1. The summed E-state index contributed by atoms with van der Waals surface area (Å²) in [6.45, 7) is 4.35. The molecule has 0 N–H and O–H groups in total. The number of ketones is 1. The predicted molar refractivity (Wildman–Crippen MR) is 69.8 cm³/mol. The van der Waals surface area contributed by atoms with Crippen molar-refractivity contribution in [1.29, 1.82) is 0 Å². The highest BCUT2D eigenvalue weighted by atomic mass is 19.1. The summed E-state index contributed by atoms with van der Waals surface area (Å²) in [5.74, 6) is -0.318. The Hall–Kier alpha value is -1.90. The van der Waals surface area contributed by atoms with E-state index in [1.807, 2.05) is 37.0 Å². The van der Waals surface area contributed by atoms with E-state index in [1.54, 1.807) is 0 Å². The molecule has 1 aliphatic rings. The Bertz CT molecular complexity index is 502. The van der Waals surface area contributed by atoms with E-state index in [0.717, 1.165) is 5.70 Å². The molecule has 0 aromatic heterocycles. The van der Waals surface area contributed by atoms with Crippen molar-refractivity contribution >= 4 is 5.78 Å². The monoisotopic (exact) mass is 245 g/mol. The Morgan fingerprint density at radius 3 is 2.61 bits per heavy atom. The molecule has 0 bridgehead atoms. The maximum Gasteiger partial charge on any atom is 0.182 e. The van der Waals surface area contributed by atoms with Crippen molar-refractivity contribution in [2.24, 2.45) is 0 Å². The summed E-state index contributed by atoms with van der Waals surface area (Å²) in [6.07, 6.45) is 6.03. The zero-order valence-corrected chi connectivity index (χ0v) is 10.6. The van der Waals surface area contributed by atoms with Crippen LogP contribution < -0.4 is 0 Å². The Balaban J connectivity index is 2.10. The van der Waals surface area contributed by atoms with Crippen LogP contribution in [-0.4, -0.2) is 23.3 Å². The van der Waals surface area contributed by atoms with Gasteiger partial charge in [0.15, 0.2) is 5.78 Å². The largest absolute Gasteiger partial charge is 0.361 e. The standard InChI is InChI=1S/C15H16FNO/c1-11-4-3-5-12(2)17(11)10-15(18)13-6-8-14(16)9-7-13/h3-9,11H,10H2,1-2H3. The van der Waals surface area contributed by atoms with Gasteiger partial charge in [0.05, 0.1) is 6.54 Å². The van der Waals surface area contributed by atoms with Gasteiger partial charge in [-0.1, -0.05) is 12.2 Å². The van der Waals surface area contributed by atoms with Crippen LogP contribution in [-0.2, 0) is 0 Å². The molecule has 0 saturated carbocycles. The van der Waals surface area contributed by atoms with Crippen molar-refractivity contribution in [1.82, 2.24) is 4.90 Å². The van der Waals surface area contributed by atoms with E-state index in [4.69, 9.17) is 0 Å². The number of carbonyl (C=O) groups excluding carboxylic acids is 1. The third kappa shape index (κ3) is 2.67. The van der Waals surface area contributed by atoms with Crippen LogP contribution in [0.4, 0.5) is 4.39 Å². The Kier molecular flexibility index (Phi) is 3.60. The van der Waals surface area contributed by atoms with E-state index in [0.29, 0.717) is 12.1 Å². The van der Waals surface area contributed by atoms with Crippen LogP contribution in [0.2, 0.25) is 0 Å². The molecule has 94 valence electrons. The SMILES string of the molecule is CC1=CC=CC(C)N1CC(=O)c1ccc(F)cc1. The van der Waals surface area contributed by atoms with Gasteiger partial charge < -0.3 is 4.90 Å². The third-order valence-electron chi connectivity index (χ3n) is 3.15. The molecule has 1 unspecified atom stereocenters. The number of rotatable bonds is 3. The molecule has 3 heteroatoms. The number of carbonyl (C=O) groups is 1. The first-order chi connectivity index (χ1) is 8.58. The summed E-state index contributed by atoms with van der Waals surface area (Å²) < 4.78 is 12.8. The highest BCUT2D eigenvalue weighted by molar-refractivity contribution is 5.97. The quantitative estimate of drug-likeness (QED) is 0.762. The fourth-order valence-electron chi connectivity index (χ4n) is 2.03. The molecule has 0 saturated heterocycles. The van der Waals surface area contributed by atoms with Gasteiger partial charge in [-0.05, 0) is 44.2 Å². The average Bonchev–Trinajstić information content (AvgIpc) is 2.34. The van der Waals surface area contributed by atoms with Gasteiger partial charge in [0.25, 0.3) is 0 Å². The van der Waals surface area contributed by atoms with Gasteiger partial charge in [-0.25, -0.2) is 4.39 Å². The van der Waals surface area contributed by atoms with Gasteiger partial charge in [-0.3, -0.25) is 4.79 Å². The summed E-state index contributed by atoms with van der Waals surface area (Å²) in [4.78, 5) is 14.1. The normalized spacial score (nSPS) is 18.7. The molecule has 1 aromatic carbocycles. The lowest BCUT2D eigenvalue weighted by molar-refractivity contribution is 0.0939. The number of nitrogens with zero attached hydrogens (tertiary/aromatic N) is 1. The van der Waals surface area contributed by atoms with Crippen LogP contribution in [0.25, 0.3) is 0 Å². The fraction of sp³-hybridized carbons (Fsp3) is 0.267. The smallest absolute Gasteiger partial charge is 0.182 e. The number of Topliss-reactive ketones (excluding diaryl/α,β-unsaturated/α-hetero) is 1. The van der Waals surface area contributed by atoms with Crippen molar-refractivity contribution < 1.29 is 9.18 Å². The Morgan fingerprint density at radius 2 is 2.00 bits per heavy atom. The first kappa shape index (κ1) is 12.6. The minimum atomic E-state index is -0.322. The van der Waals surface area contributed by atoms with Gasteiger partial charge in [-0.15, -0.1) is 0 Å². The number of hydrogen-bond acceptors (Lipinski definition) is 2. The molecule has 2 rings (SSSR count). The molecule has 2 nitrogen and oxygen atoms in total. The van der Waals surface area contributed by atoms with Crippen LogP contribution in [0.1, 0.15) is 24.2 Å². The second-order valence-electron chi connectivity index (χ2n) is 4.49. The van der Waals surface area contributed by atoms with Crippen LogP contribution in [0.3, 0.4) is 0 Å². The first-order valence-corrected chi connectivity index (χ1v) is 5.98. The highest BCUT2D eigenvalue weighted by Gasteiger charge is 2.18. The Labute approximate surface area is 106 Å². The van der Waals surface area contributed by atoms with Crippen molar-refractivity contribution in [3.05, 3.63) is 59.6 Å². The molecule has 1 aliphatic heterocycles. The van der Waals surface area contributed by atoms with E-state index in [-0.39, 0.29) is 17.6 Å². The average molecular weight is 245 g/mol. The van der Waals surface area contributed by atoms with Gasteiger partial charge in [0.1, 0.15) is 5.82 Å². The lowest BCUT2D eigenvalue weighted by Gasteiger charge is -2.31. The maximum atomic E-state index is 12.8. The summed E-state index contributed by atoms with van der Waals surface area (Å²) in [6, 6.07) is 5.90. The summed E-state index contributed by atoms with van der Waals surface area (Å²) in [5.41, 5.74) is 1.62. The molecule has 0 fully saturated rings. The topological polar surface area (TPSA) is 20.3 Å². The molecule has 0 radical (unpaired) electrons. The second kappa shape index (κ2) is 5.17. The van der Waals surface area contributed by atoms with E-state index in [1.165, 1.54) is 24.3 Å². The molecular weight excluding hydrogens is 229 g/mol. The van der Waals surface area contributed by atoms with Crippen LogP contribution in [0, 0.1) is 5.82 Å². The van der Waals surface area contributed by atoms with Gasteiger partial charge in [-0.2, -0.15) is 0 Å². The van der Waals surface area contributed by atoms with E-state index in [9.17, 15) is 9.18 Å². The van der Waals surface area contributed by atoms with Gasteiger partial charge in [0.2, 0.25) is 0 Å². The van der Waals surface area contributed by atoms with E-state index < -0.39 is 0 Å². The van der Waals surface area contributed by atoms with Crippen LogP contribution >= 0.6 is 0 Å². The molecule has 0 aliphatic carbocycles.